The molecule has 11 heteroatoms. The number of nitrogens with zero attached hydrogens (tertiary/aromatic N) is 4. The number of hydrogen-bond acceptors (Lipinski definition) is 6. The number of hydrazone groups is 1. The van der Waals surface area contributed by atoms with Crippen LogP contribution in [0.4, 0.5) is 21.0 Å². The Bertz CT molecular complexity index is 2020. The van der Waals surface area contributed by atoms with Gasteiger partial charge in [0.2, 0.25) is 0 Å². The summed E-state index contributed by atoms with van der Waals surface area (Å²) >= 11 is 0. The summed E-state index contributed by atoms with van der Waals surface area (Å²) in [7, 11) is 0. The van der Waals surface area contributed by atoms with Crippen molar-refractivity contribution in [2.24, 2.45) is 5.10 Å². The van der Waals surface area contributed by atoms with E-state index in [1.807, 2.05) is 85.8 Å². The van der Waals surface area contributed by atoms with Gasteiger partial charge >= 0.3 is 12.1 Å². The summed E-state index contributed by atoms with van der Waals surface area (Å²) in [5.74, 6) is 0.853. The van der Waals surface area contributed by atoms with E-state index in [-0.39, 0.29) is 6.54 Å². The lowest BCUT2D eigenvalue weighted by molar-refractivity contribution is -0.124. The highest BCUT2D eigenvalue weighted by atomic mass is 16.5. The van der Waals surface area contributed by atoms with Crippen LogP contribution in [-0.4, -0.2) is 57.6 Å². The number of urea groups is 2. The first-order chi connectivity index (χ1) is 22.6. The van der Waals surface area contributed by atoms with Crippen LogP contribution < -0.4 is 15.6 Å². The van der Waals surface area contributed by atoms with Crippen molar-refractivity contribution in [3.63, 3.8) is 0 Å². The SMILES string of the molecule is Cc1ccc(C=C/C=N/NC(=O)CN2C(=O)N(c3cccc4ccccc34)C(N(O)C(=O)Nc3cccc4ccccc34)C2(C)C)o1. The molecule has 0 aliphatic carbocycles. The Morgan fingerprint density at radius 3 is 2.32 bits per heavy atom. The van der Waals surface area contributed by atoms with E-state index in [1.54, 1.807) is 44.2 Å². The van der Waals surface area contributed by atoms with Gasteiger partial charge in [-0.15, -0.1) is 0 Å². The fraction of sp³-hybridized carbons (Fsp3) is 0.167. The van der Waals surface area contributed by atoms with Crippen LogP contribution in [0.2, 0.25) is 0 Å². The van der Waals surface area contributed by atoms with E-state index in [0.29, 0.717) is 22.2 Å². The van der Waals surface area contributed by atoms with E-state index in [4.69, 9.17) is 4.42 Å². The van der Waals surface area contributed by atoms with Crippen molar-refractivity contribution < 1.29 is 24.0 Å². The molecule has 0 bridgehead atoms. The maximum absolute atomic E-state index is 14.2. The van der Waals surface area contributed by atoms with E-state index in [9.17, 15) is 19.6 Å². The lowest BCUT2D eigenvalue weighted by atomic mass is 9.99. The van der Waals surface area contributed by atoms with Crippen molar-refractivity contribution in [2.45, 2.75) is 32.5 Å². The van der Waals surface area contributed by atoms with Crippen LogP contribution in [0.25, 0.3) is 27.6 Å². The van der Waals surface area contributed by atoms with Crippen molar-refractivity contribution in [3.8, 4) is 0 Å². The molecule has 0 saturated carbocycles. The number of allylic oxidation sites excluding steroid dienone is 1. The lowest BCUT2D eigenvalue weighted by Gasteiger charge is -2.38. The van der Waals surface area contributed by atoms with Crippen molar-refractivity contribution in [3.05, 3.63) is 115 Å². The van der Waals surface area contributed by atoms with Gasteiger partial charge in [-0.3, -0.25) is 14.9 Å². The molecule has 11 nitrogen and oxygen atoms in total. The first kappa shape index (κ1) is 31.1. The fourth-order valence-corrected chi connectivity index (χ4v) is 5.90. The number of furan rings is 1. The molecule has 1 aliphatic heterocycles. The van der Waals surface area contributed by atoms with Crippen LogP contribution in [0, 0.1) is 6.92 Å². The molecule has 0 spiro atoms. The van der Waals surface area contributed by atoms with Crippen molar-refractivity contribution in [1.82, 2.24) is 15.4 Å². The van der Waals surface area contributed by atoms with Gasteiger partial charge in [-0.05, 0) is 68.0 Å². The Hall–Kier alpha value is -5.94. The smallest absolute Gasteiger partial charge is 0.347 e. The van der Waals surface area contributed by atoms with Gasteiger partial charge in [0, 0.05) is 17.0 Å². The van der Waals surface area contributed by atoms with Gasteiger partial charge in [0.15, 0.2) is 6.17 Å². The molecule has 5 amide bonds. The van der Waals surface area contributed by atoms with E-state index in [1.165, 1.54) is 16.0 Å². The lowest BCUT2D eigenvalue weighted by Crippen LogP contribution is -2.58. The minimum absolute atomic E-state index is 0.388. The van der Waals surface area contributed by atoms with Crippen LogP contribution in [-0.2, 0) is 4.79 Å². The predicted molar refractivity (Wildman–Crippen MR) is 182 cm³/mol. The second-order valence-corrected chi connectivity index (χ2v) is 11.7. The van der Waals surface area contributed by atoms with Crippen molar-refractivity contribution in [2.75, 3.05) is 16.8 Å². The van der Waals surface area contributed by atoms with Gasteiger partial charge in [-0.25, -0.2) is 15.0 Å². The molecule has 1 saturated heterocycles. The van der Waals surface area contributed by atoms with Crippen molar-refractivity contribution in [1.29, 1.82) is 0 Å². The Labute approximate surface area is 271 Å². The van der Waals surface area contributed by atoms with Crippen molar-refractivity contribution >= 4 is 63.2 Å². The second kappa shape index (κ2) is 12.8. The number of hydrogen-bond donors (Lipinski definition) is 3. The van der Waals surface area contributed by atoms with Crippen LogP contribution in [0.15, 0.2) is 113 Å². The average Bonchev–Trinajstić information content (AvgIpc) is 3.57. The highest BCUT2D eigenvalue weighted by Gasteiger charge is 2.56. The number of rotatable bonds is 8. The van der Waals surface area contributed by atoms with Gasteiger partial charge < -0.3 is 14.6 Å². The standard InChI is InChI=1S/C36H34N6O5/c1-24-20-21-27(47-24)15-10-22-37-39-32(43)23-40-35(45)41(31-19-9-14-26-12-5-7-17-29(26)31)33(36(40,2)3)42(46)34(44)38-30-18-8-13-25-11-4-6-16-28(25)30/h4-22,33,46H,23H2,1-3H3,(H,38,44)(H,39,43)/b15-10?,37-22+. The van der Waals surface area contributed by atoms with Gasteiger partial charge in [-0.1, -0.05) is 72.8 Å². The minimum atomic E-state index is -1.25. The van der Waals surface area contributed by atoms with E-state index < -0.39 is 29.7 Å². The molecule has 238 valence electrons. The number of amides is 5. The van der Waals surface area contributed by atoms with Crippen LogP contribution in [0.5, 0.6) is 0 Å². The summed E-state index contributed by atoms with van der Waals surface area (Å²) in [6.45, 7) is 4.84. The Balaban J connectivity index is 1.29. The van der Waals surface area contributed by atoms with Gasteiger partial charge in [0.1, 0.15) is 18.1 Å². The Morgan fingerprint density at radius 2 is 1.60 bits per heavy atom. The largest absolute Gasteiger partial charge is 0.462 e. The van der Waals surface area contributed by atoms with E-state index in [0.717, 1.165) is 27.3 Å². The van der Waals surface area contributed by atoms with E-state index >= 15 is 0 Å². The highest BCUT2D eigenvalue weighted by molar-refractivity contribution is 6.07. The molecular weight excluding hydrogens is 596 g/mol. The van der Waals surface area contributed by atoms with Crippen LogP contribution in [0.3, 0.4) is 0 Å². The number of hydroxylamine groups is 2. The van der Waals surface area contributed by atoms with Gasteiger partial charge in [0.05, 0.1) is 16.9 Å². The Morgan fingerprint density at radius 1 is 0.936 bits per heavy atom. The number of carbonyl (C=O) groups excluding carboxylic acids is 3. The molecule has 1 aliphatic rings. The van der Waals surface area contributed by atoms with Crippen LogP contribution in [0.1, 0.15) is 25.4 Å². The number of carbonyl (C=O) groups is 3. The zero-order chi connectivity index (χ0) is 33.1. The molecule has 1 atom stereocenters. The Kier molecular flexibility index (Phi) is 8.47. The number of aryl methyl sites for hydroxylation is 1. The molecule has 47 heavy (non-hydrogen) atoms. The molecule has 6 rings (SSSR count). The quantitative estimate of drug-likeness (QED) is 0.0968. The summed E-state index contributed by atoms with van der Waals surface area (Å²) < 4.78 is 5.47. The maximum Gasteiger partial charge on any atom is 0.347 e. The molecule has 1 fully saturated rings. The summed E-state index contributed by atoms with van der Waals surface area (Å²) in [5, 5.41) is 22.2. The number of fused-ring (bicyclic) bond motifs is 2. The van der Waals surface area contributed by atoms with E-state index in [2.05, 4.69) is 15.8 Å². The van der Waals surface area contributed by atoms with Gasteiger partial charge in [0.25, 0.3) is 5.91 Å². The fourth-order valence-electron chi connectivity index (χ4n) is 5.90. The zero-order valence-corrected chi connectivity index (χ0v) is 26.1. The molecule has 1 aromatic heterocycles. The van der Waals surface area contributed by atoms with Gasteiger partial charge in [-0.2, -0.15) is 10.2 Å². The third-order valence-electron chi connectivity index (χ3n) is 8.18. The first-order valence-corrected chi connectivity index (χ1v) is 15.1. The molecule has 2 heterocycles. The number of nitrogens with one attached hydrogen (secondary N) is 2. The molecular formula is C36H34N6O5. The zero-order valence-electron chi connectivity index (χ0n) is 26.1. The summed E-state index contributed by atoms with van der Waals surface area (Å²) in [6.07, 6.45) is 3.47. The number of anilines is 2. The number of benzene rings is 4. The maximum atomic E-state index is 14.2. The normalized spacial score (nSPS) is 16.1. The second-order valence-electron chi connectivity index (χ2n) is 11.7. The molecule has 3 N–H and O–H groups in total. The first-order valence-electron chi connectivity index (χ1n) is 15.1. The third-order valence-corrected chi connectivity index (χ3v) is 8.18. The topological polar surface area (TPSA) is 131 Å². The molecule has 1 unspecified atom stereocenters. The summed E-state index contributed by atoms with van der Waals surface area (Å²) in [6, 6.07) is 28.2. The third kappa shape index (κ3) is 6.16. The summed E-state index contributed by atoms with van der Waals surface area (Å²) in [4.78, 5) is 43.7. The molecule has 4 aromatic carbocycles. The minimum Gasteiger partial charge on any atom is -0.462 e. The average molecular weight is 631 g/mol. The monoisotopic (exact) mass is 630 g/mol. The highest BCUT2D eigenvalue weighted by Crippen LogP contribution is 2.40. The summed E-state index contributed by atoms with van der Waals surface area (Å²) in [5.41, 5.74) is 2.16. The molecule has 0 radical (unpaired) electrons. The molecule has 5 aromatic rings. The predicted octanol–water partition coefficient (Wildman–Crippen LogP) is 6.98. The van der Waals surface area contributed by atoms with Crippen LogP contribution >= 0.6 is 0 Å².